The molecule has 2 N–H and O–H groups in total. The molecule has 0 heterocycles. The lowest BCUT2D eigenvalue weighted by Crippen LogP contribution is -2.38. The van der Waals surface area contributed by atoms with Crippen molar-refractivity contribution < 1.29 is 14.8 Å². The molecular weight excluding hydrogens is 182 g/mol. The minimum Gasteiger partial charge on any atom is -0.303 e. The molecule has 2 atom stereocenters. The van der Waals surface area contributed by atoms with E-state index in [9.17, 15) is 9.59 Å². The molecule has 0 aromatic heterocycles. The van der Waals surface area contributed by atoms with Crippen molar-refractivity contribution in [1.29, 1.82) is 0 Å². The third kappa shape index (κ3) is 1.54. The Morgan fingerprint density at radius 2 is 2.14 bits per heavy atom. The fraction of sp³-hybridized carbons (Fsp3) is 0.800. The van der Waals surface area contributed by atoms with E-state index in [0.29, 0.717) is 5.41 Å². The zero-order chi connectivity index (χ0) is 10.2. The van der Waals surface area contributed by atoms with Gasteiger partial charge >= 0.3 is 0 Å². The quantitative estimate of drug-likeness (QED) is 0.392. The maximum absolute atomic E-state index is 11.3. The molecule has 2 fully saturated rings. The molecule has 4 nitrogen and oxygen atoms in total. The van der Waals surface area contributed by atoms with Crippen LogP contribution in [0.3, 0.4) is 0 Å². The van der Waals surface area contributed by atoms with Gasteiger partial charge in [0.05, 0.1) is 5.92 Å². The summed E-state index contributed by atoms with van der Waals surface area (Å²) in [5, 5.41) is 8.58. The van der Waals surface area contributed by atoms with Gasteiger partial charge in [0, 0.05) is 5.92 Å². The molecule has 0 radical (unpaired) electrons. The maximum Gasteiger partial charge on any atom is 0.247 e. The lowest BCUT2D eigenvalue weighted by Gasteiger charge is -2.31. The SMILES string of the molecule is O=CC1CCC2(CC2)CC1C(=O)NO. The monoisotopic (exact) mass is 197 g/mol. The summed E-state index contributed by atoms with van der Waals surface area (Å²) in [4.78, 5) is 22.1. The number of nitrogens with one attached hydrogen (secondary N) is 1. The van der Waals surface area contributed by atoms with Gasteiger partial charge in [0.2, 0.25) is 5.91 Å². The first kappa shape index (κ1) is 9.65. The van der Waals surface area contributed by atoms with Crippen molar-refractivity contribution in [3.8, 4) is 0 Å². The predicted octanol–water partition coefficient (Wildman–Crippen LogP) is 0.887. The summed E-state index contributed by atoms with van der Waals surface area (Å²) in [5.74, 6) is -0.907. The van der Waals surface area contributed by atoms with Crippen molar-refractivity contribution in [3.05, 3.63) is 0 Å². The van der Waals surface area contributed by atoms with Gasteiger partial charge in [-0.15, -0.1) is 0 Å². The van der Waals surface area contributed by atoms with E-state index in [-0.39, 0.29) is 11.8 Å². The Morgan fingerprint density at radius 3 is 2.64 bits per heavy atom. The highest BCUT2D eigenvalue weighted by Crippen LogP contribution is 2.58. The Labute approximate surface area is 82.6 Å². The third-order valence-corrected chi connectivity index (χ3v) is 3.76. The molecule has 0 aromatic rings. The minimum atomic E-state index is -0.395. The van der Waals surface area contributed by atoms with Crippen LogP contribution in [0.4, 0.5) is 0 Å². The number of carbonyl (C=O) groups is 2. The minimum absolute atomic E-state index is 0.201. The van der Waals surface area contributed by atoms with Gasteiger partial charge in [0.1, 0.15) is 6.29 Å². The fourth-order valence-corrected chi connectivity index (χ4v) is 2.56. The van der Waals surface area contributed by atoms with Crippen molar-refractivity contribution in [2.75, 3.05) is 0 Å². The van der Waals surface area contributed by atoms with Crippen LogP contribution in [0.5, 0.6) is 0 Å². The molecule has 78 valence electrons. The third-order valence-electron chi connectivity index (χ3n) is 3.76. The van der Waals surface area contributed by atoms with E-state index < -0.39 is 5.91 Å². The second-order valence-corrected chi connectivity index (χ2v) is 4.63. The van der Waals surface area contributed by atoms with Crippen LogP contribution in [0.1, 0.15) is 32.1 Å². The van der Waals surface area contributed by atoms with E-state index in [2.05, 4.69) is 0 Å². The second kappa shape index (κ2) is 3.35. The van der Waals surface area contributed by atoms with Crippen LogP contribution in [0.25, 0.3) is 0 Å². The molecule has 14 heavy (non-hydrogen) atoms. The van der Waals surface area contributed by atoms with Crippen LogP contribution in [0.2, 0.25) is 0 Å². The number of amides is 1. The van der Waals surface area contributed by atoms with Crippen molar-refractivity contribution in [2.24, 2.45) is 17.3 Å². The second-order valence-electron chi connectivity index (χ2n) is 4.63. The molecule has 0 saturated heterocycles. The first-order valence-corrected chi connectivity index (χ1v) is 5.10. The normalized spacial score (nSPS) is 33.8. The molecule has 0 aromatic carbocycles. The number of hydrogen-bond acceptors (Lipinski definition) is 3. The molecule has 4 heteroatoms. The maximum atomic E-state index is 11.3. The van der Waals surface area contributed by atoms with Crippen molar-refractivity contribution in [3.63, 3.8) is 0 Å². The van der Waals surface area contributed by atoms with Crippen LogP contribution in [-0.4, -0.2) is 17.4 Å². The topological polar surface area (TPSA) is 66.4 Å². The number of hydrogen-bond donors (Lipinski definition) is 2. The highest BCUT2D eigenvalue weighted by Gasteiger charge is 2.50. The summed E-state index contributed by atoms with van der Waals surface area (Å²) in [6.07, 6.45) is 5.83. The molecule has 0 aliphatic heterocycles. The predicted molar refractivity (Wildman–Crippen MR) is 48.5 cm³/mol. The van der Waals surface area contributed by atoms with E-state index in [1.165, 1.54) is 12.8 Å². The molecule has 1 amide bonds. The molecule has 2 rings (SSSR count). The standard InChI is InChI=1S/C10H15NO3/c12-6-7-1-2-10(3-4-10)5-8(7)9(13)11-14/h6-8,14H,1-5H2,(H,11,13). The Morgan fingerprint density at radius 1 is 1.43 bits per heavy atom. The van der Waals surface area contributed by atoms with Crippen LogP contribution in [0, 0.1) is 17.3 Å². The van der Waals surface area contributed by atoms with Gasteiger partial charge < -0.3 is 4.79 Å². The highest BCUT2D eigenvalue weighted by atomic mass is 16.5. The first-order valence-electron chi connectivity index (χ1n) is 5.10. The summed E-state index contributed by atoms with van der Waals surface area (Å²) in [6, 6.07) is 0. The molecule has 2 aliphatic rings. The number of rotatable bonds is 2. The van der Waals surface area contributed by atoms with Gasteiger partial charge in [0.15, 0.2) is 0 Å². The van der Waals surface area contributed by atoms with Crippen molar-refractivity contribution in [2.45, 2.75) is 32.1 Å². The largest absolute Gasteiger partial charge is 0.303 e. The van der Waals surface area contributed by atoms with Crippen molar-refractivity contribution >= 4 is 12.2 Å². The summed E-state index contributed by atoms with van der Waals surface area (Å²) < 4.78 is 0. The van der Waals surface area contributed by atoms with Gasteiger partial charge in [-0.1, -0.05) is 0 Å². The smallest absolute Gasteiger partial charge is 0.247 e. The molecule has 2 saturated carbocycles. The van der Waals surface area contributed by atoms with E-state index in [0.717, 1.165) is 25.5 Å². The molecule has 1 spiro atoms. The zero-order valence-electron chi connectivity index (χ0n) is 8.03. The highest BCUT2D eigenvalue weighted by molar-refractivity contribution is 5.81. The van der Waals surface area contributed by atoms with Gasteiger partial charge in [0.25, 0.3) is 0 Å². The first-order chi connectivity index (χ1) is 6.71. The van der Waals surface area contributed by atoms with Crippen LogP contribution in [-0.2, 0) is 9.59 Å². The fourth-order valence-electron chi connectivity index (χ4n) is 2.56. The van der Waals surface area contributed by atoms with Gasteiger partial charge in [-0.3, -0.25) is 10.0 Å². The van der Waals surface area contributed by atoms with Gasteiger partial charge in [-0.05, 0) is 37.5 Å². The number of carbonyl (C=O) groups excluding carboxylic acids is 2. The number of hydroxylamine groups is 1. The summed E-state index contributed by atoms with van der Waals surface area (Å²) in [6.45, 7) is 0. The van der Waals surface area contributed by atoms with Gasteiger partial charge in [-0.2, -0.15) is 0 Å². The summed E-state index contributed by atoms with van der Waals surface area (Å²) in [7, 11) is 0. The number of aldehydes is 1. The van der Waals surface area contributed by atoms with E-state index in [1.807, 2.05) is 0 Å². The molecule has 2 aliphatic carbocycles. The Hall–Kier alpha value is -0.900. The Balaban J connectivity index is 2.07. The van der Waals surface area contributed by atoms with Gasteiger partial charge in [-0.25, -0.2) is 5.48 Å². The average Bonchev–Trinajstić information content (AvgIpc) is 2.97. The molecule has 2 unspecified atom stereocenters. The van der Waals surface area contributed by atoms with Crippen LogP contribution >= 0.6 is 0 Å². The lowest BCUT2D eigenvalue weighted by molar-refractivity contribution is -0.139. The lowest BCUT2D eigenvalue weighted by atomic mass is 9.72. The Kier molecular flexibility index (Phi) is 2.31. The van der Waals surface area contributed by atoms with Crippen LogP contribution in [0.15, 0.2) is 0 Å². The molecular formula is C10H15NO3. The summed E-state index contributed by atoms with van der Waals surface area (Å²) >= 11 is 0. The van der Waals surface area contributed by atoms with E-state index in [1.54, 1.807) is 5.48 Å². The van der Waals surface area contributed by atoms with E-state index in [4.69, 9.17) is 5.21 Å². The van der Waals surface area contributed by atoms with Crippen LogP contribution < -0.4 is 5.48 Å². The Bertz CT molecular complexity index is 260. The van der Waals surface area contributed by atoms with E-state index >= 15 is 0 Å². The van der Waals surface area contributed by atoms with Crippen molar-refractivity contribution in [1.82, 2.24) is 5.48 Å². The molecule has 0 bridgehead atoms. The summed E-state index contributed by atoms with van der Waals surface area (Å²) in [5.41, 5.74) is 2.00. The zero-order valence-corrected chi connectivity index (χ0v) is 8.03. The average molecular weight is 197 g/mol.